The molecule has 1 fully saturated rings. The standard InChI is InChI=1S/C16H24N2O3/c1-2-10-18-11-6-7-13(18)14(19)17-12-16(15(20)21)8-4-3-5-9-16/h6-7,11H,2-5,8-10,12H2,1H3,(H,17,19)(H,20,21). The summed E-state index contributed by atoms with van der Waals surface area (Å²) in [7, 11) is 0. The molecule has 1 heterocycles. The van der Waals surface area contributed by atoms with Crippen molar-refractivity contribution in [3.63, 3.8) is 0 Å². The Kier molecular flexibility index (Phi) is 5.04. The van der Waals surface area contributed by atoms with Gasteiger partial charge in [-0.05, 0) is 31.4 Å². The number of carboxylic acid groups (broad SMARTS) is 1. The molecule has 0 aromatic carbocycles. The van der Waals surface area contributed by atoms with Gasteiger partial charge in [-0.3, -0.25) is 9.59 Å². The number of hydrogen-bond acceptors (Lipinski definition) is 2. The van der Waals surface area contributed by atoms with Crippen LogP contribution in [0.3, 0.4) is 0 Å². The maximum atomic E-state index is 12.3. The molecule has 0 bridgehead atoms. The van der Waals surface area contributed by atoms with Crippen LogP contribution >= 0.6 is 0 Å². The van der Waals surface area contributed by atoms with Crippen LogP contribution in [0.4, 0.5) is 0 Å². The van der Waals surface area contributed by atoms with Crippen molar-refractivity contribution >= 4 is 11.9 Å². The number of aliphatic carboxylic acids is 1. The van der Waals surface area contributed by atoms with Crippen LogP contribution in [0, 0.1) is 5.41 Å². The summed E-state index contributed by atoms with van der Waals surface area (Å²) in [5, 5.41) is 12.3. The van der Waals surface area contributed by atoms with Crippen LogP contribution in [0.1, 0.15) is 55.9 Å². The quantitative estimate of drug-likeness (QED) is 0.846. The highest BCUT2D eigenvalue weighted by molar-refractivity contribution is 5.93. The molecule has 1 aliphatic rings. The molecule has 0 aliphatic heterocycles. The fourth-order valence-electron chi connectivity index (χ4n) is 3.09. The molecule has 5 heteroatoms. The smallest absolute Gasteiger partial charge is 0.311 e. The first-order valence-corrected chi connectivity index (χ1v) is 7.76. The van der Waals surface area contributed by atoms with Gasteiger partial charge in [0.1, 0.15) is 5.69 Å². The average Bonchev–Trinajstić information content (AvgIpc) is 2.94. The summed E-state index contributed by atoms with van der Waals surface area (Å²) in [5.74, 6) is -0.967. The number of aryl methyl sites for hydroxylation is 1. The maximum absolute atomic E-state index is 12.3. The summed E-state index contributed by atoms with van der Waals surface area (Å²) in [6.07, 6.45) is 7.07. The molecule has 1 aromatic rings. The number of carboxylic acids is 1. The predicted molar refractivity (Wildman–Crippen MR) is 80.2 cm³/mol. The lowest BCUT2D eigenvalue weighted by Crippen LogP contribution is -2.44. The Balaban J connectivity index is 2.02. The van der Waals surface area contributed by atoms with Gasteiger partial charge in [0.05, 0.1) is 5.41 Å². The topological polar surface area (TPSA) is 71.3 Å². The third-order valence-corrected chi connectivity index (χ3v) is 4.38. The zero-order valence-electron chi connectivity index (χ0n) is 12.6. The first kappa shape index (κ1) is 15.6. The molecule has 0 radical (unpaired) electrons. The van der Waals surface area contributed by atoms with E-state index in [1.165, 1.54) is 0 Å². The van der Waals surface area contributed by atoms with E-state index in [4.69, 9.17) is 0 Å². The zero-order valence-corrected chi connectivity index (χ0v) is 12.6. The number of carbonyl (C=O) groups excluding carboxylic acids is 1. The van der Waals surface area contributed by atoms with E-state index in [1.54, 1.807) is 6.07 Å². The number of hydrogen-bond donors (Lipinski definition) is 2. The minimum atomic E-state index is -0.786. The Bertz CT molecular complexity index is 501. The van der Waals surface area contributed by atoms with Crippen molar-refractivity contribution in [2.45, 2.75) is 52.0 Å². The highest BCUT2D eigenvalue weighted by Gasteiger charge is 2.39. The minimum absolute atomic E-state index is 0.181. The van der Waals surface area contributed by atoms with Gasteiger partial charge in [-0.15, -0.1) is 0 Å². The fraction of sp³-hybridized carbons (Fsp3) is 0.625. The molecule has 1 saturated carbocycles. The Morgan fingerprint density at radius 1 is 1.33 bits per heavy atom. The summed E-state index contributed by atoms with van der Waals surface area (Å²) in [4.78, 5) is 23.9. The lowest BCUT2D eigenvalue weighted by molar-refractivity contribution is -0.150. The van der Waals surface area contributed by atoms with Gasteiger partial charge < -0.3 is 15.0 Å². The third kappa shape index (κ3) is 3.46. The van der Waals surface area contributed by atoms with E-state index in [1.807, 2.05) is 16.8 Å². The molecule has 0 atom stereocenters. The second kappa shape index (κ2) is 6.78. The van der Waals surface area contributed by atoms with Crippen LogP contribution in [0.2, 0.25) is 0 Å². The number of nitrogens with one attached hydrogen (secondary N) is 1. The molecule has 1 aliphatic carbocycles. The first-order valence-electron chi connectivity index (χ1n) is 7.76. The van der Waals surface area contributed by atoms with Gasteiger partial charge in [0.2, 0.25) is 0 Å². The van der Waals surface area contributed by atoms with Crippen LogP contribution in [0.5, 0.6) is 0 Å². The highest BCUT2D eigenvalue weighted by Crippen LogP contribution is 2.36. The Morgan fingerprint density at radius 2 is 2.05 bits per heavy atom. The molecule has 0 saturated heterocycles. The van der Waals surface area contributed by atoms with E-state index in [9.17, 15) is 14.7 Å². The van der Waals surface area contributed by atoms with Crippen LogP contribution in [-0.2, 0) is 11.3 Å². The summed E-state index contributed by atoms with van der Waals surface area (Å²) < 4.78 is 1.91. The molecule has 21 heavy (non-hydrogen) atoms. The largest absolute Gasteiger partial charge is 0.481 e. The van der Waals surface area contributed by atoms with E-state index >= 15 is 0 Å². The first-order chi connectivity index (χ1) is 10.1. The van der Waals surface area contributed by atoms with Crippen LogP contribution in [0.25, 0.3) is 0 Å². The summed E-state index contributed by atoms with van der Waals surface area (Å²) in [6.45, 7) is 3.07. The van der Waals surface area contributed by atoms with Crippen molar-refractivity contribution in [1.29, 1.82) is 0 Å². The van der Waals surface area contributed by atoms with Crippen molar-refractivity contribution in [1.82, 2.24) is 9.88 Å². The Labute approximate surface area is 125 Å². The molecule has 5 nitrogen and oxygen atoms in total. The van der Waals surface area contributed by atoms with Crippen molar-refractivity contribution in [2.75, 3.05) is 6.54 Å². The van der Waals surface area contributed by atoms with E-state index in [2.05, 4.69) is 12.2 Å². The Hall–Kier alpha value is -1.78. The van der Waals surface area contributed by atoms with Crippen molar-refractivity contribution in [3.8, 4) is 0 Å². The normalized spacial score (nSPS) is 17.4. The lowest BCUT2D eigenvalue weighted by Gasteiger charge is -2.33. The van der Waals surface area contributed by atoms with Gasteiger partial charge in [0, 0.05) is 19.3 Å². The number of rotatable bonds is 6. The monoisotopic (exact) mass is 292 g/mol. The van der Waals surface area contributed by atoms with Gasteiger partial charge in [0.25, 0.3) is 5.91 Å². The fourth-order valence-corrected chi connectivity index (χ4v) is 3.09. The third-order valence-electron chi connectivity index (χ3n) is 4.38. The summed E-state index contributed by atoms with van der Waals surface area (Å²) >= 11 is 0. The summed E-state index contributed by atoms with van der Waals surface area (Å²) in [5.41, 5.74) is -0.177. The van der Waals surface area contributed by atoms with Crippen molar-refractivity contribution in [3.05, 3.63) is 24.0 Å². The number of aromatic nitrogens is 1. The molecule has 2 N–H and O–H groups in total. The predicted octanol–water partition coefficient (Wildman–Crippen LogP) is 2.66. The Morgan fingerprint density at radius 3 is 2.67 bits per heavy atom. The molecule has 1 aromatic heterocycles. The average molecular weight is 292 g/mol. The van der Waals surface area contributed by atoms with Gasteiger partial charge in [-0.2, -0.15) is 0 Å². The second-order valence-electron chi connectivity index (χ2n) is 5.92. The van der Waals surface area contributed by atoms with Gasteiger partial charge in [0.15, 0.2) is 0 Å². The molecule has 0 unspecified atom stereocenters. The molecule has 0 spiro atoms. The van der Waals surface area contributed by atoms with Gasteiger partial charge in [-0.25, -0.2) is 0 Å². The number of nitrogens with zero attached hydrogens (tertiary/aromatic N) is 1. The van der Waals surface area contributed by atoms with E-state index < -0.39 is 11.4 Å². The van der Waals surface area contributed by atoms with Crippen molar-refractivity contribution in [2.24, 2.45) is 5.41 Å². The maximum Gasteiger partial charge on any atom is 0.311 e. The number of amides is 1. The molecular formula is C16H24N2O3. The van der Waals surface area contributed by atoms with Crippen LogP contribution in [-0.4, -0.2) is 28.1 Å². The molecule has 2 rings (SSSR count). The van der Waals surface area contributed by atoms with E-state index in [-0.39, 0.29) is 12.5 Å². The highest BCUT2D eigenvalue weighted by atomic mass is 16.4. The summed E-state index contributed by atoms with van der Waals surface area (Å²) in [6, 6.07) is 3.62. The molecule has 116 valence electrons. The zero-order chi connectivity index (χ0) is 15.3. The van der Waals surface area contributed by atoms with E-state index in [0.717, 1.165) is 32.2 Å². The molecular weight excluding hydrogens is 268 g/mol. The SMILES string of the molecule is CCCn1cccc1C(=O)NCC1(C(=O)O)CCCCC1. The van der Waals surface area contributed by atoms with Crippen LogP contribution in [0.15, 0.2) is 18.3 Å². The van der Waals surface area contributed by atoms with Crippen molar-refractivity contribution < 1.29 is 14.7 Å². The number of carbonyl (C=O) groups is 2. The van der Waals surface area contributed by atoms with Gasteiger partial charge >= 0.3 is 5.97 Å². The second-order valence-corrected chi connectivity index (χ2v) is 5.92. The van der Waals surface area contributed by atoms with E-state index in [0.29, 0.717) is 18.5 Å². The minimum Gasteiger partial charge on any atom is -0.481 e. The molecule has 1 amide bonds. The lowest BCUT2D eigenvalue weighted by atomic mass is 9.74. The van der Waals surface area contributed by atoms with Crippen LogP contribution < -0.4 is 5.32 Å². The van der Waals surface area contributed by atoms with Gasteiger partial charge in [-0.1, -0.05) is 26.2 Å².